The van der Waals surface area contributed by atoms with Gasteiger partial charge in [-0.3, -0.25) is 0 Å². The molecule has 5 fully saturated rings. The Balaban J connectivity index is 1.55. The van der Waals surface area contributed by atoms with Crippen molar-refractivity contribution in [2.45, 2.75) is 125 Å². The van der Waals surface area contributed by atoms with Gasteiger partial charge < -0.3 is 10.2 Å². The molecule has 5 saturated carbocycles. The fraction of sp³-hybridized carbons (Fsp3) is 1.00. The van der Waals surface area contributed by atoms with Gasteiger partial charge in [0.15, 0.2) is 0 Å². The summed E-state index contributed by atoms with van der Waals surface area (Å²) in [6.45, 7) is 20.0. The SMILES string of the molecule is CC(C)[C@@H]1CC[C@]2(C)CC[C@]3(C)[C@H](CC[C@@H]4[C@]5(C)C[C@H](O)[C@@H](O)C(C)(C)[C@@H]5CC[C@]43C)[C@@H]12. The largest absolute Gasteiger partial charge is 0.390 e. The summed E-state index contributed by atoms with van der Waals surface area (Å²) in [6, 6.07) is 0. The Labute approximate surface area is 198 Å². The summed E-state index contributed by atoms with van der Waals surface area (Å²) in [4.78, 5) is 0. The number of hydrogen-bond acceptors (Lipinski definition) is 2. The smallest absolute Gasteiger partial charge is 0.0852 e. The van der Waals surface area contributed by atoms with E-state index >= 15 is 0 Å². The molecule has 0 heterocycles. The van der Waals surface area contributed by atoms with Crippen LogP contribution in [0.2, 0.25) is 0 Å². The highest BCUT2D eigenvalue weighted by Gasteiger charge is 2.71. The lowest BCUT2D eigenvalue weighted by Crippen LogP contribution is -2.68. The number of aliphatic hydroxyl groups excluding tert-OH is 2. The van der Waals surface area contributed by atoms with E-state index in [4.69, 9.17) is 0 Å². The highest BCUT2D eigenvalue weighted by Crippen LogP contribution is 2.77. The molecule has 2 heteroatoms. The first-order valence-corrected chi connectivity index (χ1v) is 14.1. The monoisotopic (exact) mass is 444 g/mol. The predicted molar refractivity (Wildman–Crippen MR) is 132 cm³/mol. The predicted octanol–water partition coefficient (Wildman–Crippen LogP) is 7.08. The van der Waals surface area contributed by atoms with Gasteiger partial charge in [0.25, 0.3) is 0 Å². The van der Waals surface area contributed by atoms with Crippen molar-refractivity contribution in [1.82, 2.24) is 0 Å². The summed E-state index contributed by atoms with van der Waals surface area (Å²) < 4.78 is 0. The molecule has 5 rings (SSSR count). The summed E-state index contributed by atoms with van der Waals surface area (Å²) in [6.07, 6.45) is 10.6. The second kappa shape index (κ2) is 6.99. The van der Waals surface area contributed by atoms with Crippen molar-refractivity contribution in [3.8, 4) is 0 Å². The molecule has 11 atom stereocenters. The Morgan fingerprint density at radius 3 is 2.06 bits per heavy atom. The number of aliphatic hydroxyl groups is 2. The number of fused-ring (bicyclic) bond motifs is 7. The lowest BCUT2D eigenvalue weighted by Gasteiger charge is -2.73. The van der Waals surface area contributed by atoms with Crippen LogP contribution in [0.25, 0.3) is 0 Å². The van der Waals surface area contributed by atoms with Crippen LogP contribution >= 0.6 is 0 Å². The first-order chi connectivity index (χ1) is 14.7. The average molecular weight is 445 g/mol. The highest BCUT2D eigenvalue weighted by atomic mass is 16.3. The van der Waals surface area contributed by atoms with Crippen molar-refractivity contribution in [2.24, 2.45) is 62.6 Å². The third kappa shape index (κ3) is 2.72. The maximum Gasteiger partial charge on any atom is 0.0852 e. The zero-order chi connectivity index (χ0) is 23.5. The Morgan fingerprint density at radius 1 is 0.719 bits per heavy atom. The molecule has 2 nitrogen and oxygen atoms in total. The Morgan fingerprint density at radius 2 is 1.41 bits per heavy atom. The summed E-state index contributed by atoms with van der Waals surface area (Å²) in [5, 5.41) is 21.9. The number of rotatable bonds is 1. The summed E-state index contributed by atoms with van der Waals surface area (Å²) >= 11 is 0. The minimum absolute atomic E-state index is 0.136. The summed E-state index contributed by atoms with van der Waals surface area (Å²) in [7, 11) is 0. The Bertz CT molecular complexity index is 758. The van der Waals surface area contributed by atoms with E-state index in [9.17, 15) is 10.2 Å². The quantitative estimate of drug-likeness (QED) is 0.454. The topological polar surface area (TPSA) is 40.5 Å². The van der Waals surface area contributed by atoms with Gasteiger partial charge in [0.05, 0.1) is 12.2 Å². The molecule has 184 valence electrons. The van der Waals surface area contributed by atoms with Crippen LogP contribution in [0.4, 0.5) is 0 Å². The van der Waals surface area contributed by atoms with Crippen molar-refractivity contribution in [1.29, 1.82) is 0 Å². The van der Waals surface area contributed by atoms with Crippen molar-refractivity contribution in [3.05, 3.63) is 0 Å². The van der Waals surface area contributed by atoms with Gasteiger partial charge in [-0.1, -0.05) is 55.4 Å². The van der Waals surface area contributed by atoms with E-state index in [1.165, 1.54) is 51.4 Å². The molecule has 0 unspecified atom stereocenters. The van der Waals surface area contributed by atoms with Gasteiger partial charge in [-0.25, -0.2) is 0 Å². The molecule has 2 N–H and O–H groups in total. The van der Waals surface area contributed by atoms with Crippen LogP contribution in [-0.2, 0) is 0 Å². The van der Waals surface area contributed by atoms with Gasteiger partial charge >= 0.3 is 0 Å². The van der Waals surface area contributed by atoms with E-state index in [0.717, 1.165) is 30.1 Å². The van der Waals surface area contributed by atoms with Gasteiger partial charge in [-0.15, -0.1) is 0 Å². The molecule has 0 aromatic carbocycles. The maximum atomic E-state index is 11.0. The molecular formula is C30H52O2. The third-order valence-electron chi connectivity index (χ3n) is 13.7. The average Bonchev–Trinajstić information content (AvgIpc) is 3.05. The summed E-state index contributed by atoms with van der Waals surface area (Å²) in [5.74, 6) is 4.65. The van der Waals surface area contributed by atoms with Crippen LogP contribution in [0.3, 0.4) is 0 Å². The van der Waals surface area contributed by atoms with Crippen molar-refractivity contribution >= 4 is 0 Å². The van der Waals surface area contributed by atoms with Gasteiger partial charge in [0, 0.05) is 0 Å². The second-order valence-corrected chi connectivity index (χ2v) is 15.3. The fourth-order valence-corrected chi connectivity index (χ4v) is 11.9. The lowest BCUT2D eigenvalue weighted by molar-refractivity contribution is -0.263. The van der Waals surface area contributed by atoms with Gasteiger partial charge in [0.1, 0.15) is 0 Å². The molecule has 0 amide bonds. The zero-order valence-electron chi connectivity index (χ0n) is 22.4. The zero-order valence-corrected chi connectivity index (χ0v) is 22.4. The molecule has 0 bridgehead atoms. The molecule has 0 saturated heterocycles. The van der Waals surface area contributed by atoms with E-state index in [-0.39, 0.29) is 10.8 Å². The van der Waals surface area contributed by atoms with E-state index in [2.05, 4.69) is 55.4 Å². The highest BCUT2D eigenvalue weighted by molar-refractivity contribution is 5.19. The molecular weight excluding hydrogens is 392 g/mol. The van der Waals surface area contributed by atoms with Gasteiger partial charge in [0.2, 0.25) is 0 Å². The molecule has 5 aliphatic carbocycles. The van der Waals surface area contributed by atoms with Crippen LogP contribution in [0.15, 0.2) is 0 Å². The maximum absolute atomic E-state index is 11.0. The van der Waals surface area contributed by atoms with Crippen LogP contribution in [0.5, 0.6) is 0 Å². The van der Waals surface area contributed by atoms with E-state index in [1.54, 1.807) is 0 Å². The minimum Gasteiger partial charge on any atom is -0.390 e. The molecule has 0 spiro atoms. The number of hydrogen-bond donors (Lipinski definition) is 2. The van der Waals surface area contributed by atoms with Gasteiger partial charge in [-0.2, -0.15) is 0 Å². The van der Waals surface area contributed by atoms with E-state index in [1.807, 2.05) is 0 Å². The van der Waals surface area contributed by atoms with Crippen molar-refractivity contribution < 1.29 is 10.2 Å². The second-order valence-electron chi connectivity index (χ2n) is 15.3. The van der Waals surface area contributed by atoms with E-state index < -0.39 is 12.2 Å². The standard InChI is InChI=1S/C30H52O2/c1-18(2)19-11-13-27(5)15-16-29(7)20(24(19)27)9-10-23-28(6)17-21(31)25(32)26(3,4)22(28)12-14-30(23,29)8/h18-25,31-32H,9-17H2,1-8H3/t19-,20+,21-,22-,23+,24+,25+,27+,28+,29+,30+/m0/s1. The first-order valence-electron chi connectivity index (χ1n) is 14.1. The molecule has 5 aliphatic rings. The molecule has 0 radical (unpaired) electrons. The molecule has 32 heavy (non-hydrogen) atoms. The summed E-state index contributed by atoms with van der Waals surface area (Å²) in [5.41, 5.74) is 1.26. The molecule has 0 aromatic heterocycles. The van der Waals surface area contributed by atoms with Crippen LogP contribution in [-0.4, -0.2) is 22.4 Å². The van der Waals surface area contributed by atoms with Crippen molar-refractivity contribution in [3.63, 3.8) is 0 Å². The third-order valence-corrected chi connectivity index (χ3v) is 13.7. The molecule has 0 aliphatic heterocycles. The fourth-order valence-electron chi connectivity index (χ4n) is 11.9. The van der Waals surface area contributed by atoms with Crippen LogP contribution in [0, 0.1) is 62.6 Å². The minimum atomic E-state index is -0.586. The Kier molecular flexibility index (Phi) is 5.17. The normalized spacial score (nSPS) is 59.2. The van der Waals surface area contributed by atoms with E-state index in [0.29, 0.717) is 28.1 Å². The molecule has 0 aromatic rings. The van der Waals surface area contributed by atoms with Crippen LogP contribution < -0.4 is 0 Å². The van der Waals surface area contributed by atoms with Crippen LogP contribution in [0.1, 0.15) is 113 Å². The first kappa shape index (κ1) is 23.7. The Hall–Kier alpha value is -0.0800. The lowest BCUT2D eigenvalue weighted by atomic mass is 9.32. The van der Waals surface area contributed by atoms with Gasteiger partial charge in [-0.05, 0) is 120 Å². The van der Waals surface area contributed by atoms with Crippen molar-refractivity contribution in [2.75, 3.05) is 0 Å².